The second kappa shape index (κ2) is 9.82. The Bertz CT molecular complexity index is 1060. The zero-order valence-corrected chi connectivity index (χ0v) is 20.6. The highest BCUT2D eigenvalue weighted by atomic mass is 16.5. The third kappa shape index (κ3) is 4.97. The van der Waals surface area contributed by atoms with Gasteiger partial charge in [-0.25, -0.2) is 0 Å². The number of amides is 1. The van der Waals surface area contributed by atoms with E-state index in [1.807, 2.05) is 49.4 Å². The van der Waals surface area contributed by atoms with Crippen molar-refractivity contribution in [1.82, 2.24) is 4.90 Å². The van der Waals surface area contributed by atoms with Crippen molar-refractivity contribution in [2.45, 2.75) is 65.3 Å². The van der Waals surface area contributed by atoms with Gasteiger partial charge in [-0.2, -0.15) is 0 Å². The molecule has 1 amide bonds. The van der Waals surface area contributed by atoms with Crippen molar-refractivity contribution in [3.63, 3.8) is 0 Å². The number of hydrogen-bond acceptors (Lipinski definition) is 4. The van der Waals surface area contributed by atoms with Gasteiger partial charge in [0, 0.05) is 12.1 Å². The normalized spacial score (nSPS) is 18.1. The molecule has 176 valence electrons. The molecule has 0 bridgehead atoms. The molecular weight excluding hydrogens is 414 g/mol. The number of carbonyl (C=O) groups excluding carboxylic acids is 2. The van der Waals surface area contributed by atoms with Gasteiger partial charge in [-0.3, -0.25) is 9.59 Å². The SMILES string of the molecule is CCCCCN1C(=O)C(=O)/C(=C(/O)c2cc(C(C)(C)C)ccc2C)C1c1ccc(OC)cc1. The first-order chi connectivity index (χ1) is 15.6. The number of hydrogen-bond donors (Lipinski definition) is 1. The number of likely N-dealkylation sites (tertiary alicyclic amines) is 1. The number of ketones is 1. The molecule has 2 aromatic rings. The second-order valence-corrected chi connectivity index (χ2v) is 9.75. The fourth-order valence-electron chi connectivity index (χ4n) is 4.26. The number of rotatable bonds is 7. The number of ether oxygens (including phenoxy) is 1. The molecule has 1 aliphatic heterocycles. The zero-order valence-electron chi connectivity index (χ0n) is 20.6. The molecule has 1 heterocycles. The topological polar surface area (TPSA) is 66.8 Å². The van der Waals surface area contributed by atoms with Crippen LogP contribution in [0.25, 0.3) is 5.76 Å². The van der Waals surface area contributed by atoms with E-state index in [9.17, 15) is 14.7 Å². The minimum atomic E-state index is -0.634. The highest BCUT2D eigenvalue weighted by molar-refractivity contribution is 6.46. The molecular formula is C28H35NO4. The van der Waals surface area contributed by atoms with E-state index in [4.69, 9.17) is 4.74 Å². The Morgan fingerprint density at radius 1 is 1.06 bits per heavy atom. The largest absolute Gasteiger partial charge is 0.507 e. The van der Waals surface area contributed by atoms with Crippen LogP contribution in [0.1, 0.15) is 75.3 Å². The Morgan fingerprint density at radius 2 is 1.73 bits per heavy atom. The van der Waals surface area contributed by atoms with Crippen LogP contribution in [0.3, 0.4) is 0 Å². The monoisotopic (exact) mass is 449 g/mol. The van der Waals surface area contributed by atoms with Crippen molar-refractivity contribution >= 4 is 17.4 Å². The average Bonchev–Trinajstić information content (AvgIpc) is 3.03. The summed E-state index contributed by atoms with van der Waals surface area (Å²) in [7, 11) is 1.59. The van der Waals surface area contributed by atoms with E-state index < -0.39 is 17.7 Å². The summed E-state index contributed by atoms with van der Waals surface area (Å²) in [6, 6.07) is 12.6. The standard InChI is InChI=1S/C28H35NO4/c1-7-8-9-16-29-24(19-11-14-21(33-6)15-12-19)23(26(31)27(29)32)25(30)22-17-20(28(3,4)5)13-10-18(22)2/h10-15,17,24,30H,7-9,16H2,1-6H3/b25-23+. The van der Waals surface area contributed by atoms with Gasteiger partial charge in [0.2, 0.25) is 0 Å². The van der Waals surface area contributed by atoms with Gasteiger partial charge < -0.3 is 14.7 Å². The molecule has 0 aliphatic carbocycles. The van der Waals surface area contributed by atoms with E-state index >= 15 is 0 Å². The predicted molar refractivity (Wildman–Crippen MR) is 131 cm³/mol. The quantitative estimate of drug-likeness (QED) is 0.247. The van der Waals surface area contributed by atoms with Crippen LogP contribution in [0, 0.1) is 6.92 Å². The van der Waals surface area contributed by atoms with Crippen LogP contribution in [0.4, 0.5) is 0 Å². The molecule has 1 atom stereocenters. The maximum atomic E-state index is 13.2. The molecule has 33 heavy (non-hydrogen) atoms. The Balaban J connectivity index is 2.18. The Hall–Kier alpha value is -3.08. The number of aryl methyl sites for hydroxylation is 1. The van der Waals surface area contributed by atoms with Crippen LogP contribution in [0.15, 0.2) is 48.0 Å². The molecule has 0 radical (unpaired) electrons. The van der Waals surface area contributed by atoms with Gasteiger partial charge in [-0.1, -0.05) is 64.8 Å². The van der Waals surface area contributed by atoms with Crippen molar-refractivity contribution in [2.24, 2.45) is 0 Å². The van der Waals surface area contributed by atoms with Crippen molar-refractivity contribution in [3.05, 3.63) is 70.3 Å². The molecule has 1 N–H and O–H groups in total. The lowest BCUT2D eigenvalue weighted by Gasteiger charge is -2.26. The number of methoxy groups -OCH3 is 1. The van der Waals surface area contributed by atoms with Gasteiger partial charge in [0.1, 0.15) is 11.5 Å². The fraction of sp³-hybridized carbons (Fsp3) is 0.429. The van der Waals surface area contributed by atoms with Gasteiger partial charge in [0.15, 0.2) is 0 Å². The summed E-state index contributed by atoms with van der Waals surface area (Å²) < 4.78 is 5.28. The maximum Gasteiger partial charge on any atom is 0.295 e. The van der Waals surface area contributed by atoms with Gasteiger partial charge in [-0.05, 0) is 53.6 Å². The molecule has 1 aliphatic rings. The Kier molecular flexibility index (Phi) is 7.31. The lowest BCUT2D eigenvalue weighted by Crippen LogP contribution is -2.30. The average molecular weight is 450 g/mol. The summed E-state index contributed by atoms with van der Waals surface area (Å²) in [5.74, 6) is -0.616. The van der Waals surface area contributed by atoms with Gasteiger partial charge in [0.25, 0.3) is 11.7 Å². The Morgan fingerprint density at radius 3 is 2.30 bits per heavy atom. The molecule has 0 saturated carbocycles. The third-order valence-electron chi connectivity index (χ3n) is 6.33. The summed E-state index contributed by atoms with van der Waals surface area (Å²) in [4.78, 5) is 27.9. The van der Waals surface area contributed by atoms with E-state index in [1.165, 1.54) is 0 Å². The predicted octanol–water partition coefficient (Wildman–Crippen LogP) is 5.91. The molecule has 5 heteroatoms. The summed E-state index contributed by atoms with van der Waals surface area (Å²) >= 11 is 0. The van der Waals surface area contributed by atoms with E-state index in [0.717, 1.165) is 36.0 Å². The maximum absolute atomic E-state index is 13.2. The molecule has 2 aromatic carbocycles. The molecule has 1 saturated heterocycles. The van der Waals surface area contributed by atoms with Crippen molar-refractivity contribution in [3.8, 4) is 5.75 Å². The van der Waals surface area contributed by atoms with E-state index in [0.29, 0.717) is 17.9 Å². The van der Waals surface area contributed by atoms with Crippen molar-refractivity contribution in [1.29, 1.82) is 0 Å². The first-order valence-electron chi connectivity index (χ1n) is 11.6. The lowest BCUT2D eigenvalue weighted by molar-refractivity contribution is -0.139. The summed E-state index contributed by atoms with van der Waals surface area (Å²) in [5, 5.41) is 11.5. The zero-order chi connectivity index (χ0) is 24.3. The van der Waals surface area contributed by atoms with Crippen LogP contribution in [-0.4, -0.2) is 35.4 Å². The minimum absolute atomic E-state index is 0.115. The van der Waals surface area contributed by atoms with E-state index in [2.05, 4.69) is 27.7 Å². The van der Waals surface area contributed by atoms with Gasteiger partial charge >= 0.3 is 0 Å². The molecule has 5 nitrogen and oxygen atoms in total. The summed E-state index contributed by atoms with van der Waals surface area (Å²) in [5.41, 5.74) is 3.30. The molecule has 0 spiro atoms. The molecule has 1 unspecified atom stereocenters. The highest BCUT2D eigenvalue weighted by Gasteiger charge is 2.45. The number of aliphatic hydroxyl groups is 1. The van der Waals surface area contributed by atoms with Crippen LogP contribution in [0.5, 0.6) is 5.75 Å². The van der Waals surface area contributed by atoms with Gasteiger partial charge in [0.05, 0.1) is 18.7 Å². The highest BCUT2D eigenvalue weighted by Crippen LogP contribution is 2.41. The van der Waals surface area contributed by atoms with Crippen molar-refractivity contribution < 1.29 is 19.4 Å². The molecule has 0 aromatic heterocycles. The lowest BCUT2D eigenvalue weighted by atomic mass is 9.84. The number of carbonyl (C=O) groups is 2. The van der Waals surface area contributed by atoms with E-state index in [1.54, 1.807) is 12.0 Å². The fourth-order valence-corrected chi connectivity index (χ4v) is 4.26. The summed E-state index contributed by atoms with van der Waals surface area (Å²) in [6.07, 6.45) is 2.77. The number of Topliss-reactive ketones (excluding diaryl/α,β-unsaturated/α-hetero) is 1. The van der Waals surface area contributed by atoms with Crippen molar-refractivity contribution in [2.75, 3.05) is 13.7 Å². The van der Waals surface area contributed by atoms with Crippen LogP contribution in [-0.2, 0) is 15.0 Å². The number of nitrogens with zero attached hydrogens (tertiary/aromatic N) is 1. The van der Waals surface area contributed by atoms with Crippen LogP contribution >= 0.6 is 0 Å². The third-order valence-corrected chi connectivity index (χ3v) is 6.33. The number of unbranched alkanes of at least 4 members (excludes halogenated alkanes) is 2. The first-order valence-corrected chi connectivity index (χ1v) is 11.6. The number of benzene rings is 2. The summed E-state index contributed by atoms with van der Waals surface area (Å²) in [6.45, 7) is 10.8. The second-order valence-electron chi connectivity index (χ2n) is 9.75. The number of aliphatic hydroxyl groups excluding tert-OH is 1. The van der Waals surface area contributed by atoms with Crippen LogP contribution in [0.2, 0.25) is 0 Å². The molecule has 1 fully saturated rings. The minimum Gasteiger partial charge on any atom is -0.507 e. The molecule has 3 rings (SSSR count). The first kappa shape index (κ1) is 24.6. The van der Waals surface area contributed by atoms with Crippen LogP contribution < -0.4 is 4.74 Å². The Labute approximate surface area is 197 Å². The smallest absolute Gasteiger partial charge is 0.295 e. The van der Waals surface area contributed by atoms with E-state index in [-0.39, 0.29) is 16.7 Å². The van der Waals surface area contributed by atoms with Gasteiger partial charge in [-0.15, -0.1) is 0 Å².